The van der Waals surface area contributed by atoms with Crippen LogP contribution in [0.2, 0.25) is 0 Å². The van der Waals surface area contributed by atoms with E-state index in [1.807, 2.05) is 20.8 Å². The summed E-state index contributed by atoms with van der Waals surface area (Å²) in [7, 11) is 0. The SMILES string of the molecule is CC(C)Cc1cc(C(=O)O)c(C(C)(C)C)o1. The van der Waals surface area contributed by atoms with Crippen LogP contribution in [0.3, 0.4) is 0 Å². The first-order valence-corrected chi connectivity index (χ1v) is 5.58. The van der Waals surface area contributed by atoms with Crippen LogP contribution < -0.4 is 0 Å². The van der Waals surface area contributed by atoms with Gasteiger partial charge in [-0.25, -0.2) is 4.79 Å². The summed E-state index contributed by atoms with van der Waals surface area (Å²) in [5.41, 5.74) is 0.0197. The lowest BCUT2D eigenvalue weighted by Gasteiger charge is -2.16. The Labute approximate surface area is 96.5 Å². The number of carbonyl (C=O) groups is 1. The van der Waals surface area contributed by atoms with Crippen molar-refractivity contribution in [2.75, 3.05) is 0 Å². The maximum absolute atomic E-state index is 11.1. The minimum Gasteiger partial charge on any atom is -0.478 e. The molecule has 90 valence electrons. The fraction of sp³-hybridized carbons (Fsp3) is 0.615. The number of hydrogen-bond acceptors (Lipinski definition) is 2. The highest BCUT2D eigenvalue weighted by atomic mass is 16.4. The summed E-state index contributed by atoms with van der Waals surface area (Å²) in [6.07, 6.45) is 0.774. The Morgan fingerprint density at radius 1 is 1.44 bits per heavy atom. The van der Waals surface area contributed by atoms with Gasteiger partial charge in [0.2, 0.25) is 0 Å². The molecule has 1 aromatic heterocycles. The van der Waals surface area contributed by atoms with Gasteiger partial charge in [-0.05, 0) is 12.0 Å². The summed E-state index contributed by atoms with van der Waals surface area (Å²) in [5.74, 6) is 0.872. The van der Waals surface area contributed by atoms with Crippen LogP contribution in [0.1, 0.15) is 56.5 Å². The number of aromatic carboxylic acids is 1. The Hall–Kier alpha value is -1.25. The molecule has 0 bridgehead atoms. The van der Waals surface area contributed by atoms with Crippen LogP contribution in [-0.4, -0.2) is 11.1 Å². The maximum Gasteiger partial charge on any atom is 0.339 e. The Morgan fingerprint density at radius 2 is 2.00 bits per heavy atom. The molecule has 0 aliphatic carbocycles. The molecule has 0 saturated carbocycles. The lowest BCUT2D eigenvalue weighted by Crippen LogP contribution is -2.14. The van der Waals surface area contributed by atoms with Gasteiger partial charge >= 0.3 is 5.97 Å². The van der Waals surface area contributed by atoms with Crippen molar-refractivity contribution in [3.05, 3.63) is 23.2 Å². The van der Waals surface area contributed by atoms with Crippen molar-refractivity contribution in [2.24, 2.45) is 5.92 Å². The molecule has 0 aliphatic heterocycles. The first-order valence-electron chi connectivity index (χ1n) is 5.58. The lowest BCUT2D eigenvalue weighted by molar-refractivity contribution is 0.0692. The predicted octanol–water partition coefficient (Wildman–Crippen LogP) is 3.47. The van der Waals surface area contributed by atoms with Gasteiger partial charge in [-0.2, -0.15) is 0 Å². The van der Waals surface area contributed by atoms with E-state index in [4.69, 9.17) is 9.52 Å². The van der Waals surface area contributed by atoms with Gasteiger partial charge in [0, 0.05) is 11.8 Å². The largest absolute Gasteiger partial charge is 0.478 e. The smallest absolute Gasteiger partial charge is 0.339 e. The van der Waals surface area contributed by atoms with E-state index in [1.165, 1.54) is 0 Å². The molecule has 1 heterocycles. The van der Waals surface area contributed by atoms with Crippen molar-refractivity contribution < 1.29 is 14.3 Å². The molecule has 0 spiro atoms. The molecular weight excluding hydrogens is 204 g/mol. The highest BCUT2D eigenvalue weighted by molar-refractivity contribution is 5.89. The molecule has 0 radical (unpaired) electrons. The summed E-state index contributed by atoms with van der Waals surface area (Å²) in [6, 6.07) is 1.66. The highest BCUT2D eigenvalue weighted by Gasteiger charge is 2.27. The van der Waals surface area contributed by atoms with E-state index in [0.29, 0.717) is 17.2 Å². The van der Waals surface area contributed by atoms with Gasteiger partial charge in [0.15, 0.2) is 0 Å². The van der Waals surface area contributed by atoms with Crippen LogP contribution in [0.5, 0.6) is 0 Å². The normalized spacial score (nSPS) is 12.1. The fourth-order valence-corrected chi connectivity index (χ4v) is 1.66. The molecule has 0 unspecified atom stereocenters. The summed E-state index contributed by atoms with van der Waals surface area (Å²) >= 11 is 0. The minimum absolute atomic E-state index is 0.275. The maximum atomic E-state index is 11.1. The third-order valence-electron chi connectivity index (χ3n) is 2.30. The van der Waals surface area contributed by atoms with Crippen LogP contribution in [0.4, 0.5) is 0 Å². The minimum atomic E-state index is -0.913. The van der Waals surface area contributed by atoms with Crippen molar-refractivity contribution in [1.29, 1.82) is 0 Å². The summed E-state index contributed by atoms with van der Waals surface area (Å²) in [4.78, 5) is 11.1. The molecule has 0 fully saturated rings. The second-order valence-electron chi connectivity index (χ2n) is 5.61. The second kappa shape index (κ2) is 4.32. The third kappa shape index (κ3) is 2.87. The van der Waals surface area contributed by atoms with Crippen LogP contribution in [0, 0.1) is 5.92 Å². The molecule has 0 atom stereocenters. The Balaban J connectivity index is 3.16. The van der Waals surface area contributed by atoms with E-state index < -0.39 is 5.97 Å². The quantitative estimate of drug-likeness (QED) is 0.855. The fourth-order valence-electron chi connectivity index (χ4n) is 1.66. The standard InChI is InChI=1S/C13H20O3/c1-8(2)6-9-7-10(12(14)15)11(16-9)13(3,4)5/h7-8H,6H2,1-5H3,(H,14,15). The van der Waals surface area contributed by atoms with E-state index in [1.54, 1.807) is 6.07 Å². The van der Waals surface area contributed by atoms with Gasteiger partial charge in [-0.15, -0.1) is 0 Å². The zero-order valence-corrected chi connectivity index (χ0v) is 10.6. The average Bonchev–Trinajstić information content (AvgIpc) is 2.45. The van der Waals surface area contributed by atoms with Gasteiger partial charge in [0.25, 0.3) is 0 Å². The van der Waals surface area contributed by atoms with Crippen molar-refractivity contribution in [3.8, 4) is 0 Å². The third-order valence-corrected chi connectivity index (χ3v) is 2.30. The molecule has 0 amide bonds. The molecule has 0 aliphatic rings. The Kier molecular flexibility index (Phi) is 3.46. The van der Waals surface area contributed by atoms with Crippen molar-refractivity contribution in [3.63, 3.8) is 0 Å². The number of rotatable bonds is 3. The van der Waals surface area contributed by atoms with E-state index >= 15 is 0 Å². The van der Waals surface area contributed by atoms with E-state index in [-0.39, 0.29) is 5.41 Å². The number of hydrogen-bond donors (Lipinski definition) is 1. The molecule has 0 aromatic carbocycles. The molecule has 1 N–H and O–H groups in total. The monoisotopic (exact) mass is 224 g/mol. The van der Waals surface area contributed by atoms with Crippen molar-refractivity contribution in [2.45, 2.75) is 46.5 Å². The first kappa shape index (κ1) is 12.8. The summed E-state index contributed by atoms with van der Waals surface area (Å²) in [6.45, 7) is 10.0. The molecule has 3 nitrogen and oxygen atoms in total. The van der Waals surface area contributed by atoms with Gasteiger partial charge in [0.05, 0.1) is 0 Å². The average molecular weight is 224 g/mol. The first-order chi connectivity index (χ1) is 7.21. The predicted molar refractivity (Wildman–Crippen MR) is 62.9 cm³/mol. The Morgan fingerprint density at radius 3 is 2.31 bits per heavy atom. The van der Waals surface area contributed by atoms with Crippen molar-refractivity contribution >= 4 is 5.97 Å². The molecule has 3 heteroatoms. The van der Waals surface area contributed by atoms with Gasteiger partial charge in [-0.1, -0.05) is 34.6 Å². The zero-order valence-electron chi connectivity index (χ0n) is 10.6. The topological polar surface area (TPSA) is 50.4 Å². The lowest BCUT2D eigenvalue weighted by atomic mass is 9.90. The van der Waals surface area contributed by atoms with Crippen LogP contribution in [0.25, 0.3) is 0 Å². The number of carboxylic acids is 1. The summed E-state index contributed by atoms with van der Waals surface area (Å²) in [5, 5.41) is 9.12. The van der Waals surface area contributed by atoms with Crippen molar-refractivity contribution in [1.82, 2.24) is 0 Å². The molecular formula is C13H20O3. The molecule has 16 heavy (non-hydrogen) atoms. The van der Waals surface area contributed by atoms with Gasteiger partial charge < -0.3 is 9.52 Å². The Bertz CT molecular complexity index is 380. The van der Waals surface area contributed by atoms with E-state index in [0.717, 1.165) is 12.2 Å². The van der Waals surface area contributed by atoms with Gasteiger partial charge in [0.1, 0.15) is 17.1 Å². The molecule has 0 saturated heterocycles. The number of carboxylic acid groups (broad SMARTS) is 1. The number of furan rings is 1. The van der Waals surface area contributed by atoms with E-state index in [9.17, 15) is 4.79 Å². The van der Waals surface area contributed by atoms with Gasteiger partial charge in [-0.3, -0.25) is 0 Å². The second-order valence-corrected chi connectivity index (χ2v) is 5.61. The molecule has 1 aromatic rings. The zero-order chi connectivity index (χ0) is 12.5. The van der Waals surface area contributed by atoms with Crippen LogP contribution in [0.15, 0.2) is 10.5 Å². The van der Waals surface area contributed by atoms with E-state index in [2.05, 4.69) is 13.8 Å². The highest BCUT2D eigenvalue weighted by Crippen LogP contribution is 2.29. The molecule has 1 rings (SSSR count). The van der Waals surface area contributed by atoms with Crippen LogP contribution in [-0.2, 0) is 11.8 Å². The summed E-state index contributed by atoms with van der Waals surface area (Å²) < 4.78 is 5.67. The van der Waals surface area contributed by atoms with Crippen LogP contribution >= 0.6 is 0 Å².